The molecule has 19 heavy (non-hydrogen) atoms. The van der Waals surface area contributed by atoms with Gasteiger partial charge in [0.05, 0.1) is 5.56 Å². The first-order valence-corrected chi connectivity index (χ1v) is 6.09. The molecule has 96 valence electrons. The number of rotatable bonds is 3. The first kappa shape index (κ1) is 13.6. The van der Waals surface area contributed by atoms with E-state index in [9.17, 15) is 0 Å². The standard InChI is InChI=1S/C16H14N2.BrH/c1-3-7-14(8-4-1)13-18-12-11-17-16(18)15-9-5-2-6-10-15;/h1-12H,13H2;1H. The molecule has 0 aliphatic heterocycles. The number of aromatic nitrogens is 2. The maximum Gasteiger partial charge on any atom is 0.286 e. The van der Waals surface area contributed by atoms with Crippen LogP contribution in [0.3, 0.4) is 0 Å². The number of aromatic amines is 1. The van der Waals surface area contributed by atoms with Crippen molar-refractivity contribution in [3.8, 4) is 11.4 Å². The molecule has 0 atom stereocenters. The molecule has 0 aliphatic rings. The van der Waals surface area contributed by atoms with Gasteiger partial charge >= 0.3 is 0 Å². The van der Waals surface area contributed by atoms with E-state index in [-0.39, 0.29) is 17.0 Å². The molecule has 0 spiro atoms. The van der Waals surface area contributed by atoms with Crippen LogP contribution in [-0.2, 0) is 6.54 Å². The lowest BCUT2D eigenvalue weighted by Gasteiger charge is -2.01. The van der Waals surface area contributed by atoms with Gasteiger partial charge in [0.15, 0.2) is 0 Å². The van der Waals surface area contributed by atoms with Gasteiger partial charge in [0.1, 0.15) is 18.9 Å². The molecular formula is C16H15BrN2. The molecule has 0 amide bonds. The van der Waals surface area contributed by atoms with Crippen LogP contribution < -0.4 is 21.5 Å². The van der Waals surface area contributed by atoms with Crippen LogP contribution in [0.25, 0.3) is 11.4 Å². The number of benzene rings is 2. The second kappa shape index (κ2) is 6.34. The Kier molecular flexibility index (Phi) is 4.53. The summed E-state index contributed by atoms with van der Waals surface area (Å²) in [6.07, 6.45) is 4.06. The molecule has 1 heterocycles. The van der Waals surface area contributed by atoms with E-state index in [1.165, 1.54) is 11.1 Å². The lowest BCUT2D eigenvalue weighted by Crippen LogP contribution is -3.00. The third kappa shape index (κ3) is 3.12. The number of hydrogen-bond donors (Lipinski definition) is 1. The lowest BCUT2D eigenvalue weighted by atomic mass is 10.2. The normalized spacial score (nSPS) is 9.89. The highest BCUT2D eigenvalue weighted by molar-refractivity contribution is 5.51. The Bertz CT molecular complexity index is 618. The topological polar surface area (TPSA) is 19.7 Å². The first-order valence-electron chi connectivity index (χ1n) is 6.09. The van der Waals surface area contributed by atoms with Crippen LogP contribution in [0, 0.1) is 0 Å². The molecule has 3 aromatic rings. The van der Waals surface area contributed by atoms with Gasteiger partial charge in [-0.1, -0.05) is 48.5 Å². The SMILES string of the molecule is [Br-].c1ccc(C[n+]2cc[nH]c2-c2ccccc2)cc1. The van der Waals surface area contributed by atoms with Crippen molar-refractivity contribution in [1.29, 1.82) is 0 Å². The van der Waals surface area contributed by atoms with Gasteiger partial charge in [0.2, 0.25) is 0 Å². The van der Waals surface area contributed by atoms with Crippen LogP contribution in [0.2, 0.25) is 0 Å². The average Bonchev–Trinajstić information content (AvgIpc) is 2.89. The smallest absolute Gasteiger partial charge is 0.286 e. The van der Waals surface area contributed by atoms with Gasteiger partial charge in [0, 0.05) is 0 Å². The molecular weight excluding hydrogens is 300 g/mol. The van der Waals surface area contributed by atoms with Gasteiger partial charge in [-0.3, -0.25) is 0 Å². The van der Waals surface area contributed by atoms with E-state index < -0.39 is 0 Å². The zero-order chi connectivity index (χ0) is 12.2. The maximum atomic E-state index is 3.31. The molecule has 0 unspecified atom stereocenters. The van der Waals surface area contributed by atoms with Crippen LogP contribution in [0.5, 0.6) is 0 Å². The number of hydrogen-bond acceptors (Lipinski definition) is 0. The molecule has 0 radical (unpaired) electrons. The molecule has 1 N–H and O–H groups in total. The molecule has 0 aliphatic carbocycles. The van der Waals surface area contributed by atoms with Crippen molar-refractivity contribution in [3.63, 3.8) is 0 Å². The van der Waals surface area contributed by atoms with Crippen molar-refractivity contribution in [2.75, 3.05) is 0 Å². The molecule has 3 heteroatoms. The maximum absolute atomic E-state index is 3.31. The Morgan fingerprint density at radius 2 is 1.47 bits per heavy atom. The summed E-state index contributed by atoms with van der Waals surface area (Å²) >= 11 is 0. The predicted molar refractivity (Wildman–Crippen MR) is 72.0 cm³/mol. The van der Waals surface area contributed by atoms with Crippen LogP contribution in [0.15, 0.2) is 73.1 Å². The summed E-state index contributed by atoms with van der Waals surface area (Å²) in [6.45, 7) is 0.883. The van der Waals surface area contributed by atoms with E-state index in [0.717, 1.165) is 12.4 Å². The second-order valence-electron chi connectivity index (χ2n) is 4.29. The predicted octanol–water partition coefficient (Wildman–Crippen LogP) is 0.0215. The summed E-state index contributed by atoms with van der Waals surface area (Å²) in [5, 5.41) is 0. The van der Waals surface area contributed by atoms with Gasteiger partial charge in [0.25, 0.3) is 5.82 Å². The highest BCUT2D eigenvalue weighted by atomic mass is 79.9. The third-order valence-electron chi connectivity index (χ3n) is 3.00. The molecule has 3 rings (SSSR count). The Labute approximate surface area is 123 Å². The molecule has 0 saturated carbocycles. The summed E-state index contributed by atoms with van der Waals surface area (Å²) in [6, 6.07) is 20.9. The van der Waals surface area contributed by atoms with Crippen molar-refractivity contribution in [2.45, 2.75) is 6.54 Å². The van der Waals surface area contributed by atoms with E-state index in [1.54, 1.807) is 0 Å². The summed E-state index contributed by atoms with van der Waals surface area (Å²) in [4.78, 5) is 3.31. The Balaban J connectivity index is 0.00000133. The van der Waals surface area contributed by atoms with Crippen LogP contribution in [-0.4, -0.2) is 4.98 Å². The zero-order valence-electron chi connectivity index (χ0n) is 10.5. The zero-order valence-corrected chi connectivity index (χ0v) is 12.0. The second-order valence-corrected chi connectivity index (χ2v) is 4.29. The number of halogens is 1. The summed E-state index contributed by atoms with van der Waals surface area (Å²) in [7, 11) is 0. The molecule has 0 saturated heterocycles. The fourth-order valence-electron chi connectivity index (χ4n) is 2.12. The number of nitrogens with zero attached hydrogens (tertiary/aromatic N) is 1. The van der Waals surface area contributed by atoms with Crippen molar-refractivity contribution in [3.05, 3.63) is 78.6 Å². The summed E-state index contributed by atoms with van der Waals surface area (Å²) in [5.74, 6) is 1.14. The summed E-state index contributed by atoms with van der Waals surface area (Å²) in [5.41, 5.74) is 2.51. The van der Waals surface area contributed by atoms with Crippen molar-refractivity contribution in [2.24, 2.45) is 0 Å². The molecule has 0 bridgehead atoms. The Morgan fingerprint density at radius 1 is 0.842 bits per heavy atom. The van der Waals surface area contributed by atoms with E-state index >= 15 is 0 Å². The minimum absolute atomic E-state index is 0. The Morgan fingerprint density at radius 3 is 2.16 bits per heavy atom. The van der Waals surface area contributed by atoms with Gasteiger partial charge < -0.3 is 17.0 Å². The molecule has 0 fully saturated rings. The van der Waals surface area contributed by atoms with E-state index in [0.29, 0.717) is 0 Å². The third-order valence-corrected chi connectivity index (χ3v) is 3.00. The van der Waals surface area contributed by atoms with E-state index in [4.69, 9.17) is 0 Å². The molecule has 2 nitrogen and oxygen atoms in total. The Hall–Kier alpha value is -1.87. The van der Waals surface area contributed by atoms with E-state index in [2.05, 4.69) is 64.3 Å². The van der Waals surface area contributed by atoms with Crippen molar-refractivity contribution >= 4 is 0 Å². The highest BCUT2D eigenvalue weighted by Gasteiger charge is 2.12. The van der Waals surface area contributed by atoms with Crippen molar-refractivity contribution < 1.29 is 21.5 Å². The molecule has 2 aromatic carbocycles. The van der Waals surface area contributed by atoms with E-state index in [1.807, 2.05) is 18.3 Å². The fraction of sp³-hybridized carbons (Fsp3) is 0.0625. The summed E-state index contributed by atoms with van der Waals surface area (Å²) < 4.78 is 2.23. The number of H-pyrrole nitrogens is 1. The number of nitrogens with one attached hydrogen (secondary N) is 1. The number of imidazole rings is 1. The minimum Gasteiger partial charge on any atom is -1.00 e. The van der Waals surface area contributed by atoms with Gasteiger partial charge in [-0.25, -0.2) is 9.55 Å². The first-order chi connectivity index (χ1) is 8.93. The quantitative estimate of drug-likeness (QED) is 0.658. The largest absolute Gasteiger partial charge is 1.00 e. The average molecular weight is 315 g/mol. The minimum atomic E-state index is 0. The fourth-order valence-corrected chi connectivity index (χ4v) is 2.12. The monoisotopic (exact) mass is 314 g/mol. The van der Waals surface area contributed by atoms with Crippen LogP contribution in [0.4, 0.5) is 0 Å². The van der Waals surface area contributed by atoms with Gasteiger partial charge in [-0.15, -0.1) is 0 Å². The molecule has 1 aromatic heterocycles. The van der Waals surface area contributed by atoms with Gasteiger partial charge in [-0.2, -0.15) is 0 Å². The van der Waals surface area contributed by atoms with Crippen molar-refractivity contribution in [1.82, 2.24) is 4.98 Å². The lowest BCUT2D eigenvalue weighted by molar-refractivity contribution is -0.676. The van der Waals surface area contributed by atoms with Crippen LogP contribution in [0.1, 0.15) is 5.56 Å². The van der Waals surface area contributed by atoms with Gasteiger partial charge in [-0.05, 0) is 17.7 Å². The highest BCUT2D eigenvalue weighted by Crippen LogP contribution is 2.12. The van der Waals surface area contributed by atoms with Crippen LogP contribution >= 0.6 is 0 Å².